The van der Waals surface area contributed by atoms with Gasteiger partial charge in [-0.05, 0) is 37.1 Å². The van der Waals surface area contributed by atoms with Gasteiger partial charge in [0.05, 0.1) is 11.4 Å². The van der Waals surface area contributed by atoms with Gasteiger partial charge in [-0.3, -0.25) is 0 Å². The van der Waals surface area contributed by atoms with Crippen LogP contribution in [0, 0.1) is 0 Å². The van der Waals surface area contributed by atoms with Crippen molar-refractivity contribution >= 4 is 11.4 Å². The predicted molar refractivity (Wildman–Crippen MR) is 93.3 cm³/mol. The first-order valence-electron chi connectivity index (χ1n) is 8.35. The normalized spacial score (nSPS) is 26.5. The van der Waals surface area contributed by atoms with Crippen LogP contribution in [0.3, 0.4) is 0 Å². The fraction of sp³-hybridized carbons (Fsp3) is 0.333. The van der Waals surface area contributed by atoms with E-state index >= 15 is 0 Å². The highest BCUT2D eigenvalue weighted by atomic mass is 17.2. The van der Waals surface area contributed by atoms with Crippen molar-refractivity contribution in [2.24, 2.45) is 20.5 Å². The zero-order valence-corrected chi connectivity index (χ0v) is 14.1. The average molecular weight is 356 g/mol. The zero-order valence-electron chi connectivity index (χ0n) is 14.1. The van der Waals surface area contributed by atoms with Crippen LogP contribution in [0.4, 0.5) is 11.4 Å². The molecule has 0 amide bonds. The quantitative estimate of drug-likeness (QED) is 0.404. The van der Waals surface area contributed by atoms with E-state index in [1.54, 1.807) is 24.3 Å². The molecular formula is C18H20N4O4. The summed E-state index contributed by atoms with van der Waals surface area (Å²) in [4.78, 5) is 9.39. The molecule has 26 heavy (non-hydrogen) atoms. The summed E-state index contributed by atoms with van der Waals surface area (Å²) in [5, 5.41) is 35.8. The Bertz CT molecular complexity index is 691. The minimum atomic E-state index is -1.70. The first kappa shape index (κ1) is 18.3. The molecule has 3 rings (SSSR count). The highest BCUT2D eigenvalue weighted by Crippen LogP contribution is 2.45. The summed E-state index contributed by atoms with van der Waals surface area (Å²) in [7, 11) is 0. The molecule has 1 aliphatic rings. The Labute approximate surface area is 150 Å². The molecule has 1 aliphatic carbocycles. The molecule has 2 aromatic carbocycles. The van der Waals surface area contributed by atoms with Crippen molar-refractivity contribution < 1.29 is 20.3 Å². The van der Waals surface area contributed by atoms with E-state index in [1.165, 1.54) is 0 Å². The molecule has 2 unspecified atom stereocenters. The van der Waals surface area contributed by atoms with E-state index in [9.17, 15) is 10.5 Å². The molecule has 0 bridgehead atoms. The number of hydrogen-bond acceptors (Lipinski definition) is 8. The summed E-state index contributed by atoms with van der Waals surface area (Å²) in [6.45, 7) is 0. The van der Waals surface area contributed by atoms with Gasteiger partial charge in [0.15, 0.2) is 0 Å². The van der Waals surface area contributed by atoms with E-state index in [0.29, 0.717) is 24.2 Å². The van der Waals surface area contributed by atoms with Gasteiger partial charge in [0, 0.05) is 12.8 Å². The number of hydrogen-bond donors (Lipinski definition) is 2. The predicted octanol–water partition coefficient (Wildman–Crippen LogP) is 5.50. The third kappa shape index (κ3) is 3.68. The lowest BCUT2D eigenvalue weighted by atomic mass is 9.84. The maximum Gasteiger partial charge on any atom is 0.265 e. The van der Waals surface area contributed by atoms with Crippen LogP contribution in [0.15, 0.2) is 81.1 Å². The lowest BCUT2D eigenvalue weighted by molar-refractivity contribution is -0.434. The molecule has 0 radical (unpaired) electrons. The standard InChI is InChI=1S/C18H20N4O4/c23-25-17(21-19-15-9-3-1-4-10-15)13-7-8-14-18(17,26-24)22-20-16-11-5-2-6-12-16/h1-6,9-12,23-24H,7-8,13-14H2. The molecule has 136 valence electrons. The van der Waals surface area contributed by atoms with Gasteiger partial charge in [-0.2, -0.15) is 10.2 Å². The van der Waals surface area contributed by atoms with Gasteiger partial charge in [-0.25, -0.2) is 20.3 Å². The number of benzene rings is 2. The summed E-state index contributed by atoms with van der Waals surface area (Å²) in [6.07, 6.45) is 1.91. The number of azo groups is 2. The Morgan fingerprint density at radius 1 is 0.654 bits per heavy atom. The van der Waals surface area contributed by atoms with E-state index in [4.69, 9.17) is 9.78 Å². The highest BCUT2D eigenvalue weighted by molar-refractivity contribution is 5.35. The largest absolute Gasteiger partial charge is 0.265 e. The Morgan fingerprint density at radius 3 is 1.38 bits per heavy atom. The van der Waals surface area contributed by atoms with Crippen molar-refractivity contribution in [1.29, 1.82) is 0 Å². The minimum absolute atomic E-state index is 0.258. The molecular weight excluding hydrogens is 336 g/mol. The topological polar surface area (TPSA) is 108 Å². The fourth-order valence-corrected chi connectivity index (χ4v) is 2.91. The van der Waals surface area contributed by atoms with Crippen molar-refractivity contribution in [3.8, 4) is 0 Å². The Balaban J connectivity index is 1.96. The SMILES string of the molecule is OOC1(N=Nc2ccccc2)CCCCC1(N=Nc1ccccc1)OO. The van der Waals surface area contributed by atoms with Gasteiger partial charge >= 0.3 is 0 Å². The third-order valence-electron chi connectivity index (χ3n) is 4.36. The van der Waals surface area contributed by atoms with E-state index in [-0.39, 0.29) is 12.8 Å². The molecule has 1 saturated carbocycles. The van der Waals surface area contributed by atoms with Gasteiger partial charge in [-0.1, -0.05) is 36.4 Å². The van der Waals surface area contributed by atoms with Crippen LogP contribution in [-0.4, -0.2) is 22.0 Å². The molecule has 0 aromatic heterocycles. The molecule has 2 aromatic rings. The van der Waals surface area contributed by atoms with Crippen molar-refractivity contribution in [3.05, 3.63) is 60.7 Å². The zero-order chi connectivity index (χ0) is 18.3. The van der Waals surface area contributed by atoms with Crippen LogP contribution in [-0.2, 0) is 9.78 Å². The molecule has 0 heterocycles. The number of nitrogens with zero attached hydrogens (tertiary/aromatic N) is 4. The van der Waals surface area contributed by atoms with Crippen LogP contribution in [0.25, 0.3) is 0 Å². The van der Waals surface area contributed by atoms with Crippen LogP contribution in [0.5, 0.6) is 0 Å². The molecule has 0 spiro atoms. The summed E-state index contributed by atoms with van der Waals surface area (Å²) in [6, 6.07) is 18.0. The number of rotatable bonds is 6. The molecule has 0 saturated heterocycles. The molecule has 8 heteroatoms. The van der Waals surface area contributed by atoms with E-state index in [2.05, 4.69) is 20.5 Å². The van der Waals surface area contributed by atoms with Crippen molar-refractivity contribution in [2.75, 3.05) is 0 Å². The van der Waals surface area contributed by atoms with E-state index in [0.717, 1.165) is 0 Å². The second kappa shape index (κ2) is 8.24. The summed E-state index contributed by atoms with van der Waals surface area (Å²) in [5.41, 5.74) is -2.26. The lowest BCUT2D eigenvalue weighted by Gasteiger charge is -2.41. The third-order valence-corrected chi connectivity index (χ3v) is 4.36. The van der Waals surface area contributed by atoms with Crippen molar-refractivity contribution in [2.45, 2.75) is 37.1 Å². The Hall–Kier alpha value is -2.52. The van der Waals surface area contributed by atoms with Crippen LogP contribution in [0.2, 0.25) is 0 Å². The highest BCUT2D eigenvalue weighted by Gasteiger charge is 2.59. The van der Waals surface area contributed by atoms with Gasteiger partial charge in [0.25, 0.3) is 11.4 Å². The van der Waals surface area contributed by atoms with Crippen LogP contribution < -0.4 is 0 Å². The van der Waals surface area contributed by atoms with Crippen LogP contribution >= 0.6 is 0 Å². The van der Waals surface area contributed by atoms with E-state index < -0.39 is 11.4 Å². The molecule has 1 fully saturated rings. The smallest absolute Gasteiger partial charge is 0.249 e. The summed E-state index contributed by atoms with van der Waals surface area (Å²) in [5.74, 6) is 0. The molecule has 2 atom stereocenters. The van der Waals surface area contributed by atoms with Crippen molar-refractivity contribution in [3.63, 3.8) is 0 Å². The molecule has 0 aliphatic heterocycles. The first-order chi connectivity index (χ1) is 12.7. The van der Waals surface area contributed by atoms with Gasteiger partial charge < -0.3 is 0 Å². The van der Waals surface area contributed by atoms with Crippen LogP contribution in [0.1, 0.15) is 25.7 Å². The molecule has 2 N–H and O–H groups in total. The minimum Gasteiger partial charge on any atom is -0.249 e. The Kier molecular flexibility index (Phi) is 5.79. The Morgan fingerprint density at radius 2 is 1.04 bits per heavy atom. The summed E-state index contributed by atoms with van der Waals surface area (Å²) >= 11 is 0. The monoisotopic (exact) mass is 356 g/mol. The second-order valence-electron chi connectivity index (χ2n) is 6.03. The van der Waals surface area contributed by atoms with Gasteiger partial charge in [0.1, 0.15) is 0 Å². The second-order valence-corrected chi connectivity index (χ2v) is 6.03. The van der Waals surface area contributed by atoms with Gasteiger partial charge in [-0.15, -0.1) is 10.2 Å². The lowest BCUT2D eigenvalue weighted by Crippen LogP contribution is -2.56. The van der Waals surface area contributed by atoms with Gasteiger partial charge in [0.2, 0.25) is 0 Å². The average Bonchev–Trinajstić information content (AvgIpc) is 2.73. The van der Waals surface area contributed by atoms with Crippen molar-refractivity contribution in [1.82, 2.24) is 0 Å². The first-order valence-corrected chi connectivity index (χ1v) is 8.35. The maximum absolute atomic E-state index is 9.64. The van der Waals surface area contributed by atoms with E-state index in [1.807, 2.05) is 36.4 Å². The fourth-order valence-electron chi connectivity index (χ4n) is 2.91. The maximum atomic E-state index is 9.64. The summed E-state index contributed by atoms with van der Waals surface area (Å²) < 4.78 is 0. The molecule has 8 nitrogen and oxygen atoms in total.